The van der Waals surface area contributed by atoms with E-state index in [0.29, 0.717) is 0 Å². The first kappa shape index (κ1) is 50.5. The van der Waals surface area contributed by atoms with Crippen molar-refractivity contribution in [2.24, 2.45) is 0 Å². The molecule has 22 aromatic carbocycles. The van der Waals surface area contributed by atoms with Crippen molar-refractivity contribution in [1.29, 1.82) is 0 Å². The fraction of sp³-hybridized carbons (Fsp3) is 0. The minimum Gasteiger partial charge on any atom is -0.0622 e. The topological polar surface area (TPSA) is 0 Å². The van der Waals surface area contributed by atoms with Crippen LogP contribution in [0.1, 0.15) is 0 Å². The predicted molar refractivity (Wildman–Crippen MR) is 406 cm³/mol. The van der Waals surface area contributed by atoms with Crippen LogP contribution in [0.4, 0.5) is 0 Å². The van der Waals surface area contributed by atoms with Gasteiger partial charge >= 0.3 is 0 Å². The Morgan fingerprint density at radius 2 is 0.447 bits per heavy atom. The lowest BCUT2D eigenvalue weighted by Gasteiger charge is -2.17. The Bertz CT molecular complexity index is 6680. The van der Waals surface area contributed by atoms with Gasteiger partial charge in [-0.25, -0.2) is 0 Å². The molecule has 0 aromatic heterocycles. The second-order valence-corrected chi connectivity index (χ2v) is 26.2. The van der Waals surface area contributed by atoms with Crippen molar-refractivity contribution in [3.8, 4) is 77.9 Å². The Balaban J connectivity index is 0.832. The van der Waals surface area contributed by atoms with Gasteiger partial charge in [0.25, 0.3) is 0 Å². The van der Waals surface area contributed by atoms with E-state index < -0.39 is 0 Å². The van der Waals surface area contributed by atoms with Gasteiger partial charge in [-0.3, -0.25) is 0 Å². The SMILES string of the molecule is c1ccc(-c2ccccc2-c2ccc3c4c(-c5ccccc5)c5c6ccc7c8ccc9c%10c(ccc(c%11ccc(c5c(-c5ccccc5)c4c4cccc2c43)c6c%117)c8%10)c2cc3cc(-c4c(-c5ccccc5)cccc4-c4ccccc4)cc4c5ccccc5c(c34)c29)cc1. The summed E-state index contributed by atoms with van der Waals surface area (Å²) in [4.78, 5) is 0. The molecule has 0 aliphatic carbocycles. The molecule has 0 atom stereocenters. The maximum atomic E-state index is 2.54. The van der Waals surface area contributed by atoms with Crippen LogP contribution in [0.3, 0.4) is 0 Å². The second kappa shape index (κ2) is 18.7. The van der Waals surface area contributed by atoms with E-state index in [2.05, 4.69) is 315 Å². The van der Waals surface area contributed by atoms with Crippen molar-refractivity contribution in [2.75, 3.05) is 0 Å². The fourth-order valence-electron chi connectivity index (χ4n) is 18.2. The molecule has 0 aliphatic rings. The molecule has 0 bridgehead atoms. The first-order valence-electron chi connectivity index (χ1n) is 33.0. The van der Waals surface area contributed by atoms with E-state index in [0.717, 1.165) is 0 Å². The molecule has 0 N–H and O–H groups in total. The van der Waals surface area contributed by atoms with Crippen LogP contribution in [0.2, 0.25) is 0 Å². The summed E-state index contributed by atoms with van der Waals surface area (Å²) >= 11 is 0. The molecule has 0 heterocycles. The summed E-state index contributed by atoms with van der Waals surface area (Å²) in [6, 6.07) is 120. The Hall–Kier alpha value is -12.2. The molecule has 94 heavy (non-hydrogen) atoms. The summed E-state index contributed by atoms with van der Waals surface area (Å²) in [6.45, 7) is 0. The van der Waals surface area contributed by atoms with Crippen molar-refractivity contribution in [2.45, 2.75) is 0 Å². The highest BCUT2D eigenvalue weighted by Gasteiger charge is 2.31. The third-order valence-corrected chi connectivity index (χ3v) is 21.8. The van der Waals surface area contributed by atoms with E-state index in [1.165, 1.54) is 229 Å². The highest BCUT2D eigenvalue weighted by Crippen LogP contribution is 2.60. The van der Waals surface area contributed by atoms with Crippen LogP contribution in [0.25, 0.3) is 229 Å². The van der Waals surface area contributed by atoms with Crippen LogP contribution >= 0.6 is 0 Å². The molecule has 0 unspecified atom stereocenters. The van der Waals surface area contributed by atoms with Crippen LogP contribution in [0.5, 0.6) is 0 Å². The van der Waals surface area contributed by atoms with Gasteiger partial charge in [0.2, 0.25) is 0 Å². The monoisotopic (exact) mass is 1180 g/mol. The number of hydrogen-bond acceptors (Lipinski definition) is 0. The lowest BCUT2D eigenvalue weighted by Crippen LogP contribution is -1.91. The summed E-state index contributed by atoms with van der Waals surface area (Å²) in [5.74, 6) is 0. The summed E-state index contributed by atoms with van der Waals surface area (Å²) in [7, 11) is 0. The van der Waals surface area contributed by atoms with Crippen LogP contribution in [0, 0.1) is 0 Å². The third kappa shape index (κ3) is 6.56. The van der Waals surface area contributed by atoms with Gasteiger partial charge in [0.15, 0.2) is 0 Å². The standard InChI is InChI=1S/C94H52/c1-6-22-53(23-7-1)60-32-16-17-33-63(60)65-40-46-74-84-66(65)38-21-39-73(84)91-82(56-28-12-4-13-29-56)93-76-48-44-70-68-41-42-72-79-52-59-50-58(80-61(54-24-8-2-9-25-54)36-20-37-62(80)55-26-10-3-11-27-55)51-78-64-34-18-19-35-67(64)90(81(59)78)89(79)75-47-43-69(85(68)87(72)75)71-45-49-77(88(76)86(70)71)94(93)83(92(74)91)57-30-14-5-15-31-57/h1-52H. The molecule has 0 radical (unpaired) electrons. The van der Waals surface area contributed by atoms with Crippen LogP contribution < -0.4 is 0 Å². The van der Waals surface area contributed by atoms with Crippen LogP contribution in [-0.4, -0.2) is 0 Å². The number of benzene rings is 18. The molecule has 0 amide bonds. The van der Waals surface area contributed by atoms with E-state index in [1.807, 2.05) is 0 Å². The largest absolute Gasteiger partial charge is 0.0622 e. The molecule has 22 aromatic rings. The Labute approximate surface area is 540 Å². The summed E-state index contributed by atoms with van der Waals surface area (Å²) in [5, 5.41) is 36.9. The lowest BCUT2D eigenvalue weighted by atomic mass is 9.86. The fourth-order valence-corrected chi connectivity index (χ4v) is 18.2. The van der Waals surface area contributed by atoms with Gasteiger partial charge in [-0.1, -0.05) is 297 Å². The quantitative estimate of drug-likeness (QED) is 0.110. The Morgan fingerprint density at radius 1 is 0.117 bits per heavy atom. The van der Waals surface area contributed by atoms with Crippen molar-refractivity contribution in [3.63, 3.8) is 0 Å². The zero-order chi connectivity index (χ0) is 61.0. The average molecular weight is 1180 g/mol. The molecule has 22 rings (SSSR count). The molecule has 0 nitrogen and oxygen atoms in total. The Morgan fingerprint density at radius 3 is 1.00 bits per heavy atom. The molecular weight excluding hydrogens is 1130 g/mol. The summed E-state index contributed by atoms with van der Waals surface area (Å²) in [5.41, 5.74) is 17.4. The number of hydrogen-bond donors (Lipinski definition) is 0. The van der Waals surface area contributed by atoms with Crippen molar-refractivity contribution in [3.05, 3.63) is 315 Å². The highest BCUT2D eigenvalue weighted by atomic mass is 14.3. The zero-order valence-electron chi connectivity index (χ0n) is 51.0. The van der Waals surface area contributed by atoms with Gasteiger partial charge in [0.1, 0.15) is 0 Å². The van der Waals surface area contributed by atoms with Crippen LogP contribution in [0.15, 0.2) is 315 Å². The molecule has 428 valence electrons. The maximum Gasteiger partial charge on any atom is -0.000717 e. The minimum absolute atomic E-state index is 1.21. The molecule has 0 aliphatic heterocycles. The van der Waals surface area contributed by atoms with Gasteiger partial charge in [-0.2, -0.15) is 0 Å². The van der Waals surface area contributed by atoms with Crippen LogP contribution in [-0.2, 0) is 0 Å². The minimum atomic E-state index is 1.21. The summed E-state index contributed by atoms with van der Waals surface area (Å²) in [6.07, 6.45) is 0. The molecule has 0 saturated heterocycles. The highest BCUT2D eigenvalue weighted by molar-refractivity contribution is 6.52. The molecule has 0 saturated carbocycles. The van der Waals surface area contributed by atoms with Gasteiger partial charge in [-0.05, 0) is 247 Å². The van der Waals surface area contributed by atoms with Crippen molar-refractivity contribution in [1.82, 2.24) is 0 Å². The van der Waals surface area contributed by atoms with Gasteiger partial charge in [-0.15, -0.1) is 0 Å². The van der Waals surface area contributed by atoms with Gasteiger partial charge in [0.05, 0.1) is 0 Å². The molecular formula is C94H52. The predicted octanol–water partition coefficient (Wildman–Crippen LogP) is 26.7. The average Bonchev–Trinajstić information content (AvgIpc) is 1.50. The van der Waals surface area contributed by atoms with E-state index in [4.69, 9.17) is 0 Å². The smallest absolute Gasteiger partial charge is 0.000717 e. The lowest BCUT2D eigenvalue weighted by molar-refractivity contribution is 1.57. The van der Waals surface area contributed by atoms with Crippen molar-refractivity contribution >= 4 is 151 Å². The molecule has 0 fully saturated rings. The first-order valence-corrected chi connectivity index (χ1v) is 33.0. The maximum absolute atomic E-state index is 2.54. The normalized spacial score (nSPS) is 12.5. The zero-order valence-corrected chi connectivity index (χ0v) is 51.0. The molecule has 0 spiro atoms. The second-order valence-electron chi connectivity index (χ2n) is 26.2. The van der Waals surface area contributed by atoms with Crippen molar-refractivity contribution < 1.29 is 0 Å². The third-order valence-electron chi connectivity index (χ3n) is 21.8. The number of rotatable bonds is 7. The Kier molecular flexibility index (Phi) is 10.1. The van der Waals surface area contributed by atoms with E-state index in [1.54, 1.807) is 0 Å². The van der Waals surface area contributed by atoms with E-state index in [9.17, 15) is 0 Å². The van der Waals surface area contributed by atoms with E-state index >= 15 is 0 Å². The first-order chi connectivity index (χ1) is 46.7. The van der Waals surface area contributed by atoms with Gasteiger partial charge < -0.3 is 0 Å². The summed E-state index contributed by atoms with van der Waals surface area (Å²) < 4.78 is 0. The number of fused-ring (bicyclic) bond motifs is 15. The molecule has 0 heteroatoms. The van der Waals surface area contributed by atoms with Gasteiger partial charge in [0, 0.05) is 0 Å². The van der Waals surface area contributed by atoms with E-state index in [-0.39, 0.29) is 0 Å².